The number of hydrogen-bond acceptors (Lipinski definition) is 4. The Morgan fingerprint density at radius 3 is 2.68 bits per heavy atom. The lowest BCUT2D eigenvalue weighted by Gasteiger charge is -2.29. The second-order valence-electron chi connectivity index (χ2n) is 6.22. The number of aromatic nitrogens is 1. The number of hydrogen-bond donors (Lipinski definition) is 0. The van der Waals surface area contributed by atoms with E-state index in [1.54, 1.807) is 6.07 Å². The third kappa shape index (κ3) is 2.93. The third-order valence-electron chi connectivity index (χ3n) is 4.48. The van der Waals surface area contributed by atoms with Crippen molar-refractivity contribution in [3.8, 4) is 0 Å². The van der Waals surface area contributed by atoms with Crippen molar-refractivity contribution in [3.05, 3.63) is 40.7 Å². The molecule has 0 atom stereocenters. The van der Waals surface area contributed by atoms with Crippen molar-refractivity contribution >= 4 is 5.91 Å². The van der Waals surface area contributed by atoms with E-state index >= 15 is 0 Å². The molecule has 0 N–H and O–H groups in total. The van der Waals surface area contributed by atoms with Gasteiger partial charge in [0.15, 0.2) is 5.76 Å². The van der Waals surface area contributed by atoms with Crippen LogP contribution in [0.4, 0.5) is 0 Å². The molecule has 0 bridgehead atoms. The van der Waals surface area contributed by atoms with Gasteiger partial charge in [-0.15, -0.1) is 0 Å². The fourth-order valence-corrected chi connectivity index (χ4v) is 2.88. The maximum atomic E-state index is 12.5. The first kappa shape index (κ1) is 14.9. The average Bonchev–Trinajstić information content (AvgIpc) is 3.10. The fourth-order valence-electron chi connectivity index (χ4n) is 2.88. The van der Waals surface area contributed by atoms with Crippen LogP contribution in [-0.4, -0.2) is 29.1 Å². The Morgan fingerprint density at radius 2 is 2.05 bits per heavy atom. The highest BCUT2D eigenvalue weighted by Gasteiger charge is 2.24. The lowest BCUT2D eigenvalue weighted by atomic mass is 9.99. The highest BCUT2D eigenvalue weighted by atomic mass is 16.5. The molecule has 0 spiro atoms. The second-order valence-corrected chi connectivity index (χ2v) is 6.22. The highest BCUT2D eigenvalue weighted by Crippen LogP contribution is 2.22. The van der Waals surface area contributed by atoms with Crippen LogP contribution in [0, 0.1) is 19.8 Å². The zero-order valence-electron chi connectivity index (χ0n) is 13.4. The molecule has 22 heavy (non-hydrogen) atoms. The van der Waals surface area contributed by atoms with Crippen LogP contribution in [0.25, 0.3) is 0 Å². The molecule has 0 aliphatic carbocycles. The number of aryl methyl sites for hydroxylation is 2. The summed E-state index contributed by atoms with van der Waals surface area (Å²) in [5, 5.41) is 3.94. The van der Waals surface area contributed by atoms with Gasteiger partial charge in [-0.1, -0.05) is 12.1 Å². The molecule has 1 saturated heterocycles. The van der Waals surface area contributed by atoms with Crippen LogP contribution in [0.1, 0.15) is 53.1 Å². The molecule has 1 fully saturated rings. The van der Waals surface area contributed by atoms with Crippen LogP contribution >= 0.6 is 0 Å². The number of carbonyl (C=O) groups excluding carboxylic acids is 1. The number of likely N-dealkylation sites (tertiary alicyclic amines) is 1. The standard InChI is InChI=1S/C17H22N2O3/c1-11-6-8-19(9-7-11)17(20)16-5-4-14(21-16)10-15-12(2)18-22-13(15)3/h4-5,11H,6-10H2,1-3H3. The SMILES string of the molecule is Cc1noc(C)c1Cc1ccc(C(=O)N2CCC(C)CC2)o1. The number of nitrogens with zero attached hydrogens (tertiary/aromatic N) is 2. The van der Waals surface area contributed by atoms with Gasteiger partial charge in [-0.3, -0.25) is 4.79 Å². The zero-order valence-corrected chi connectivity index (χ0v) is 13.4. The summed E-state index contributed by atoms with van der Waals surface area (Å²) < 4.78 is 10.9. The van der Waals surface area contributed by atoms with Gasteiger partial charge in [0, 0.05) is 25.1 Å². The van der Waals surface area contributed by atoms with Gasteiger partial charge in [-0.05, 0) is 44.7 Å². The van der Waals surface area contributed by atoms with Crippen molar-refractivity contribution in [2.75, 3.05) is 13.1 Å². The molecule has 0 unspecified atom stereocenters. The van der Waals surface area contributed by atoms with Gasteiger partial charge in [0.1, 0.15) is 11.5 Å². The summed E-state index contributed by atoms with van der Waals surface area (Å²) >= 11 is 0. The molecule has 118 valence electrons. The summed E-state index contributed by atoms with van der Waals surface area (Å²) in [7, 11) is 0. The summed E-state index contributed by atoms with van der Waals surface area (Å²) in [6, 6.07) is 3.64. The zero-order chi connectivity index (χ0) is 15.7. The monoisotopic (exact) mass is 302 g/mol. The first-order chi connectivity index (χ1) is 10.5. The van der Waals surface area contributed by atoms with E-state index in [4.69, 9.17) is 8.94 Å². The van der Waals surface area contributed by atoms with Gasteiger partial charge in [0.25, 0.3) is 5.91 Å². The number of amides is 1. The summed E-state index contributed by atoms with van der Waals surface area (Å²) in [6.45, 7) is 7.67. The van der Waals surface area contributed by atoms with E-state index < -0.39 is 0 Å². The lowest BCUT2D eigenvalue weighted by molar-refractivity contribution is 0.0663. The van der Waals surface area contributed by atoms with Crippen LogP contribution in [0.15, 0.2) is 21.1 Å². The summed E-state index contributed by atoms with van der Waals surface area (Å²) in [5.41, 5.74) is 1.90. The van der Waals surface area contributed by atoms with E-state index in [1.807, 2.05) is 24.8 Å². The lowest BCUT2D eigenvalue weighted by Crippen LogP contribution is -2.37. The maximum absolute atomic E-state index is 12.5. The molecule has 1 aliphatic heterocycles. The molecule has 0 saturated carbocycles. The Morgan fingerprint density at radius 1 is 1.32 bits per heavy atom. The van der Waals surface area contributed by atoms with Crippen molar-refractivity contribution in [2.45, 2.75) is 40.0 Å². The number of furan rings is 1. The second kappa shape index (κ2) is 5.99. The van der Waals surface area contributed by atoms with E-state index in [9.17, 15) is 4.79 Å². The highest BCUT2D eigenvalue weighted by molar-refractivity contribution is 5.91. The predicted octanol–water partition coefficient (Wildman–Crippen LogP) is 3.35. The topological polar surface area (TPSA) is 59.5 Å². The maximum Gasteiger partial charge on any atom is 0.289 e. The predicted molar refractivity (Wildman–Crippen MR) is 81.8 cm³/mol. The third-order valence-corrected chi connectivity index (χ3v) is 4.48. The molecule has 2 aromatic heterocycles. The summed E-state index contributed by atoms with van der Waals surface area (Å²) in [5.74, 6) is 2.69. The van der Waals surface area contributed by atoms with Crippen molar-refractivity contribution < 1.29 is 13.7 Å². The van der Waals surface area contributed by atoms with Crippen molar-refractivity contribution in [2.24, 2.45) is 5.92 Å². The van der Waals surface area contributed by atoms with Gasteiger partial charge < -0.3 is 13.8 Å². The summed E-state index contributed by atoms with van der Waals surface area (Å²) in [6.07, 6.45) is 2.74. The molecular weight excluding hydrogens is 280 g/mol. The van der Waals surface area contributed by atoms with Crippen LogP contribution in [0.2, 0.25) is 0 Å². The van der Waals surface area contributed by atoms with E-state index in [0.29, 0.717) is 18.1 Å². The number of piperidine rings is 1. The number of rotatable bonds is 3. The minimum atomic E-state index is -0.00286. The normalized spacial score (nSPS) is 16.2. The molecule has 1 amide bonds. The molecule has 5 nitrogen and oxygen atoms in total. The quantitative estimate of drug-likeness (QED) is 0.872. The summed E-state index contributed by atoms with van der Waals surface area (Å²) in [4.78, 5) is 14.3. The van der Waals surface area contributed by atoms with E-state index in [1.165, 1.54) is 0 Å². The van der Waals surface area contributed by atoms with Crippen molar-refractivity contribution in [1.82, 2.24) is 10.1 Å². The van der Waals surface area contributed by atoms with E-state index in [0.717, 1.165) is 48.7 Å². The molecule has 3 heterocycles. The Labute approximate surface area is 130 Å². The molecule has 0 radical (unpaired) electrons. The van der Waals surface area contributed by atoms with Gasteiger partial charge >= 0.3 is 0 Å². The van der Waals surface area contributed by atoms with Gasteiger partial charge in [0.2, 0.25) is 0 Å². The number of carbonyl (C=O) groups is 1. The van der Waals surface area contributed by atoms with E-state index in [2.05, 4.69) is 12.1 Å². The first-order valence-corrected chi connectivity index (χ1v) is 7.84. The molecule has 1 aliphatic rings. The Balaban J connectivity index is 1.70. The van der Waals surface area contributed by atoms with Crippen LogP contribution < -0.4 is 0 Å². The van der Waals surface area contributed by atoms with E-state index in [-0.39, 0.29) is 5.91 Å². The van der Waals surface area contributed by atoms with Gasteiger partial charge in [-0.2, -0.15) is 0 Å². The largest absolute Gasteiger partial charge is 0.456 e. The van der Waals surface area contributed by atoms with Crippen LogP contribution in [-0.2, 0) is 6.42 Å². The first-order valence-electron chi connectivity index (χ1n) is 7.84. The average molecular weight is 302 g/mol. The van der Waals surface area contributed by atoms with Crippen molar-refractivity contribution in [1.29, 1.82) is 0 Å². The van der Waals surface area contributed by atoms with Gasteiger partial charge in [-0.25, -0.2) is 0 Å². The molecular formula is C17H22N2O3. The minimum Gasteiger partial charge on any atom is -0.456 e. The fraction of sp³-hybridized carbons (Fsp3) is 0.529. The Bertz CT molecular complexity index is 644. The van der Waals surface area contributed by atoms with Gasteiger partial charge in [0.05, 0.1) is 5.69 Å². The molecule has 3 rings (SSSR count). The minimum absolute atomic E-state index is 0.00286. The molecule has 2 aromatic rings. The Hall–Kier alpha value is -2.04. The van der Waals surface area contributed by atoms with Crippen LogP contribution in [0.3, 0.4) is 0 Å². The van der Waals surface area contributed by atoms with Crippen molar-refractivity contribution in [3.63, 3.8) is 0 Å². The Kier molecular flexibility index (Phi) is 4.05. The molecule has 5 heteroatoms. The van der Waals surface area contributed by atoms with Crippen LogP contribution in [0.5, 0.6) is 0 Å². The molecule has 0 aromatic carbocycles. The smallest absolute Gasteiger partial charge is 0.289 e.